The molecule has 39 heavy (non-hydrogen) atoms. The molecule has 4 aromatic rings. The van der Waals surface area contributed by atoms with Crippen molar-refractivity contribution in [2.45, 2.75) is 31.6 Å². The molecule has 3 heterocycles. The van der Waals surface area contributed by atoms with Crippen molar-refractivity contribution in [1.82, 2.24) is 14.9 Å². The fourth-order valence-electron chi connectivity index (χ4n) is 4.65. The summed E-state index contributed by atoms with van der Waals surface area (Å²) in [7, 11) is 1.97. The first-order chi connectivity index (χ1) is 18.8. The van der Waals surface area contributed by atoms with Gasteiger partial charge in [0.2, 0.25) is 0 Å². The van der Waals surface area contributed by atoms with Crippen LogP contribution in [0.3, 0.4) is 0 Å². The number of pyridine rings is 2. The third-order valence-corrected chi connectivity index (χ3v) is 6.79. The van der Waals surface area contributed by atoms with Crippen molar-refractivity contribution < 1.29 is 22.7 Å². The molecule has 2 N–H and O–H groups in total. The fraction of sp³-hybridized carbons (Fsp3) is 0.276. The number of alkyl halides is 3. The largest absolute Gasteiger partial charge is 0.492 e. The normalized spacial score (nSPS) is 15.8. The van der Waals surface area contributed by atoms with Crippen LogP contribution in [-0.2, 0) is 12.7 Å². The van der Waals surface area contributed by atoms with Crippen molar-refractivity contribution in [3.8, 4) is 5.75 Å². The number of hydrogen-bond acceptors (Lipinski definition) is 6. The minimum atomic E-state index is -4.60. The molecule has 0 spiro atoms. The van der Waals surface area contributed by atoms with Crippen molar-refractivity contribution >= 4 is 28.3 Å². The van der Waals surface area contributed by atoms with Crippen LogP contribution in [0.5, 0.6) is 5.75 Å². The summed E-state index contributed by atoms with van der Waals surface area (Å²) in [5, 5.41) is 6.74. The highest BCUT2D eigenvalue weighted by Gasteiger charge is 2.32. The molecule has 0 unspecified atom stereocenters. The quantitative estimate of drug-likeness (QED) is 0.289. The van der Waals surface area contributed by atoms with E-state index in [1.807, 2.05) is 37.4 Å². The fourth-order valence-corrected chi connectivity index (χ4v) is 4.65. The first-order valence-electron chi connectivity index (χ1n) is 12.7. The van der Waals surface area contributed by atoms with Gasteiger partial charge in [-0.15, -0.1) is 0 Å². The van der Waals surface area contributed by atoms with Crippen molar-refractivity contribution in [3.63, 3.8) is 0 Å². The second-order valence-electron chi connectivity index (χ2n) is 9.57. The molecule has 1 fully saturated rings. The predicted molar refractivity (Wildman–Crippen MR) is 144 cm³/mol. The third-order valence-electron chi connectivity index (χ3n) is 6.79. The van der Waals surface area contributed by atoms with Crippen LogP contribution in [0.25, 0.3) is 10.9 Å². The number of nitrogens with one attached hydrogen (secondary N) is 2. The number of halogens is 3. The number of nitrogens with zero attached hydrogens (tertiary/aromatic N) is 3. The highest BCUT2D eigenvalue weighted by molar-refractivity contribution is 6.07. The maximum Gasteiger partial charge on any atom is 0.416 e. The number of ether oxygens (including phenoxy) is 1. The van der Waals surface area contributed by atoms with E-state index in [9.17, 15) is 18.0 Å². The number of likely N-dealkylation sites (N-methyl/N-ethyl adjacent to an activating group) is 1. The number of carbonyl (C=O) groups excluding carboxylic acids is 1. The summed E-state index contributed by atoms with van der Waals surface area (Å²) in [5.74, 6) is -0.223. The van der Waals surface area contributed by atoms with Crippen LogP contribution in [0.15, 0.2) is 73.1 Å². The van der Waals surface area contributed by atoms with E-state index >= 15 is 0 Å². The zero-order valence-corrected chi connectivity index (χ0v) is 21.3. The molecule has 2 aromatic heterocycles. The number of amides is 1. The number of carbonyl (C=O) groups is 1. The van der Waals surface area contributed by atoms with Crippen LogP contribution < -0.4 is 15.4 Å². The molecule has 1 atom stereocenters. The van der Waals surface area contributed by atoms with E-state index in [1.54, 1.807) is 24.5 Å². The van der Waals surface area contributed by atoms with E-state index < -0.39 is 17.6 Å². The predicted octanol–water partition coefficient (Wildman–Crippen LogP) is 5.99. The van der Waals surface area contributed by atoms with Gasteiger partial charge in [-0.3, -0.25) is 9.78 Å². The molecule has 0 aliphatic carbocycles. The average Bonchev–Trinajstić information content (AvgIpc) is 3.34. The summed E-state index contributed by atoms with van der Waals surface area (Å²) in [6, 6.07) is 16.2. The zero-order chi connectivity index (χ0) is 27.4. The number of benzene rings is 2. The van der Waals surface area contributed by atoms with Gasteiger partial charge in [-0.05, 0) is 74.5 Å². The van der Waals surface area contributed by atoms with Gasteiger partial charge in [0.25, 0.3) is 5.91 Å². The van der Waals surface area contributed by atoms with Crippen LogP contribution in [0.1, 0.15) is 34.3 Å². The molecule has 0 radical (unpaired) electrons. The molecule has 7 nitrogen and oxygen atoms in total. The van der Waals surface area contributed by atoms with Gasteiger partial charge >= 0.3 is 6.18 Å². The van der Waals surface area contributed by atoms with Gasteiger partial charge in [0, 0.05) is 42.1 Å². The molecule has 2 aromatic carbocycles. The molecule has 1 aliphatic rings. The van der Waals surface area contributed by atoms with Crippen LogP contribution >= 0.6 is 0 Å². The number of hydrogen-bond donors (Lipinski definition) is 2. The molecule has 202 valence electrons. The number of fused-ring (bicyclic) bond motifs is 1. The Morgan fingerprint density at radius 2 is 1.90 bits per heavy atom. The Bertz CT molecular complexity index is 1480. The second kappa shape index (κ2) is 11.3. The van der Waals surface area contributed by atoms with Gasteiger partial charge < -0.3 is 20.3 Å². The summed E-state index contributed by atoms with van der Waals surface area (Å²) in [6.07, 6.45) is 0.617. The summed E-state index contributed by atoms with van der Waals surface area (Å²) in [4.78, 5) is 23.9. The highest BCUT2D eigenvalue weighted by Crippen LogP contribution is 2.35. The highest BCUT2D eigenvalue weighted by atomic mass is 19.4. The zero-order valence-electron chi connectivity index (χ0n) is 21.3. The lowest BCUT2D eigenvalue weighted by Gasteiger charge is -2.20. The Kier molecular flexibility index (Phi) is 7.65. The number of likely N-dealkylation sites (tertiary alicyclic amines) is 1. The second-order valence-corrected chi connectivity index (χ2v) is 9.57. The molecule has 1 saturated heterocycles. The summed E-state index contributed by atoms with van der Waals surface area (Å²) in [5.41, 5.74) is 1.12. The van der Waals surface area contributed by atoms with E-state index in [4.69, 9.17) is 4.74 Å². The van der Waals surface area contributed by atoms with E-state index in [1.165, 1.54) is 6.07 Å². The topological polar surface area (TPSA) is 79.4 Å². The first kappa shape index (κ1) is 26.4. The van der Waals surface area contributed by atoms with Crippen molar-refractivity contribution in [2.24, 2.45) is 0 Å². The first-order valence-corrected chi connectivity index (χ1v) is 12.7. The number of anilines is 2. The minimum absolute atomic E-state index is 0.0126. The van der Waals surface area contributed by atoms with Crippen LogP contribution in [0, 0.1) is 0 Å². The Balaban J connectivity index is 1.32. The molecule has 0 saturated carbocycles. The third kappa shape index (κ3) is 6.46. The molecular formula is C29H28F3N5O2. The van der Waals surface area contributed by atoms with Gasteiger partial charge in [-0.1, -0.05) is 12.1 Å². The monoisotopic (exact) mass is 535 g/mol. The Hall–Kier alpha value is -4.18. The van der Waals surface area contributed by atoms with Crippen LogP contribution in [0.2, 0.25) is 0 Å². The lowest BCUT2D eigenvalue weighted by Crippen LogP contribution is -2.30. The maximum atomic E-state index is 13.6. The molecule has 0 bridgehead atoms. The van der Waals surface area contributed by atoms with Crippen molar-refractivity contribution in [3.05, 3.63) is 89.7 Å². The van der Waals surface area contributed by atoms with E-state index in [0.29, 0.717) is 12.4 Å². The van der Waals surface area contributed by atoms with Gasteiger partial charge in [0.15, 0.2) is 0 Å². The van der Waals surface area contributed by atoms with Gasteiger partial charge in [-0.2, -0.15) is 13.2 Å². The molecule has 1 aliphatic heterocycles. The van der Waals surface area contributed by atoms with Gasteiger partial charge in [-0.25, -0.2) is 4.98 Å². The van der Waals surface area contributed by atoms with Crippen LogP contribution in [0.4, 0.5) is 24.7 Å². The van der Waals surface area contributed by atoms with E-state index in [0.717, 1.165) is 48.0 Å². The Morgan fingerprint density at radius 3 is 2.69 bits per heavy atom. The summed E-state index contributed by atoms with van der Waals surface area (Å²) < 4.78 is 46.6. The Labute approximate surface area is 224 Å². The van der Waals surface area contributed by atoms with Crippen molar-refractivity contribution in [1.29, 1.82) is 0 Å². The summed E-state index contributed by atoms with van der Waals surface area (Å²) in [6.45, 7) is 1.59. The molecule has 10 heteroatoms. The Morgan fingerprint density at radius 1 is 1.08 bits per heavy atom. The summed E-state index contributed by atoms with van der Waals surface area (Å²) >= 11 is 0. The van der Waals surface area contributed by atoms with E-state index in [2.05, 4.69) is 25.5 Å². The number of rotatable bonds is 8. The van der Waals surface area contributed by atoms with E-state index in [-0.39, 0.29) is 29.6 Å². The van der Waals surface area contributed by atoms with Crippen molar-refractivity contribution in [2.75, 3.05) is 30.8 Å². The smallest absolute Gasteiger partial charge is 0.416 e. The SMILES string of the molecule is CN1CCC[C@@H]1COc1cc(NC(=O)c2cccnc2NCc2ccc3ncccc3c2)cc(C(F)(F)F)c1. The van der Waals surface area contributed by atoms with Gasteiger partial charge in [0.05, 0.1) is 16.6 Å². The minimum Gasteiger partial charge on any atom is -0.492 e. The molecule has 5 rings (SSSR count). The van der Waals surface area contributed by atoms with Gasteiger partial charge in [0.1, 0.15) is 18.2 Å². The maximum absolute atomic E-state index is 13.6. The molecular weight excluding hydrogens is 507 g/mol. The lowest BCUT2D eigenvalue weighted by molar-refractivity contribution is -0.137. The standard InChI is InChI=1S/C29H28F3N5O2/c1-37-12-4-6-23(37)18-39-24-15-21(29(30,31)32)14-22(16-24)36-28(38)25-7-3-11-34-27(25)35-17-19-8-9-26-20(13-19)5-2-10-33-26/h2-3,5,7-11,13-16,23H,4,6,12,17-18H2,1H3,(H,34,35)(H,36,38)/t23-/m1/s1. The lowest BCUT2D eigenvalue weighted by atomic mass is 10.1. The van der Waals surface area contributed by atoms with Crippen LogP contribution in [-0.4, -0.2) is 47.0 Å². The number of aromatic nitrogens is 2. The average molecular weight is 536 g/mol. The molecule has 1 amide bonds.